The number of amides is 2. The lowest BCUT2D eigenvalue weighted by Crippen LogP contribution is -2.30. The summed E-state index contributed by atoms with van der Waals surface area (Å²) in [6.45, 7) is 18.5. The van der Waals surface area contributed by atoms with E-state index >= 15 is 0 Å². The van der Waals surface area contributed by atoms with E-state index < -0.39 is 0 Å². The Labute approximate surface area is 322 Å². The van der Waals surface area contributed by atoms with Crippen molar-refractivity contribution in [3.63, 3.8) is 0 Å². The maximum absolute atomic E-state index is 11.9. The Balaban J connectivity index is 0.000000286. The summed E-state index contributed by atoms with van der Waals surface area (Å²) in [4.78, 5) is 45.7. The highest BCUT2D eigenvalue weighted by Gasteiger charge is 2.19. The Kier molecular flexibility index (Phi) is 14.3. The quantitative estimate of drug-likeness (QED) is 0.127. The molecule has 4 N–H and O–H groups in total. The van der Waals surface area contributed by atoms with E-state index in [0.29, 0.717) is 40.2 Å². The van der Waals surface area contributed by atoms with Gasteiger partial charge in [0.2, 0.25) is 11.9 Å². The summed E-state index contributed by atoms with van der Waals surface area (Å²) in [6.07, 6.45) is 3.25. The van der Waals surface area contributed by atoms with E-state index in [1.54, 1.807) is 38.5 Å². The first-order chi connectivity index (χ1) is 24.7. The van der Waals surface area contributed by atoms with Gasteiger partial charge in [0.05, 0.1) is 10.7 Å². The summed E-state index contributed by atoms with van der Waals surface area (Å²) < 4.78 is 0.759. The van der Waals surface area contributed by atoms with Gasteiger partial charge in [-0.15, -0.1) is 0 Å². The molecule has 0 atom stereocenters. The Morgan fingerprint density at radius 2 is 1.15 bits per heavy atom. The highest BCUT2D eigenvalue weighted by molar-refractivity contribution is 9.10. The van der Waals surface area contributed by atoms with Crippen LogP contribution in [0.2, 0.25) is 0 Å². The maximum Gasteiger partial charge on any atom is 0.251 e. The molecular formula is C39H52BrN11O2. The summed E-state index contributed by atoms with van der Waals surface area (Å²) in [5.41, 5.74) is 5.19. The van der Waals surface area contributed by atoms with Gasteiger partial charge in [0, 0.05) is 70.0 Å². The number of halogens is 1. The van der Waals surface area contributed by atoms with Crippen molar-refractivity contribution in [3.05, 3.63) is 81.1 Å². The van der Waals surface area contributed by atoms with Crippen molar-refractivity contribution in [2.24, 2.45) is 10.8 Å². The first kappa shape index (κ1) is 42.1. The van der Waals surface area contributed by atoms with E-state index in [-0.39, 0.29) is 22.6 Å². The predicted octanol–water partition coefficient (Wildman–Crippen LogP) is 7.38. The van der Waals surface area contributed by atoms with Gasteiger partial charge in [-0.1, -0.05) is 53.7 Å². The zero-order valence-corrected chi connectivity index (χ0v) is 34.4. The van der Waals surface area contributed by atoms with Crippen molar-refractivity contribution in [3.8, 4) is 6.07 Å². The number of nitriles is 1. The highest BCUT2D eigenvalue weighted by atomic mass is 79.9. The van der Waals surface area contributed by atoms with E-state index in [4.69, 9.17) is 0 Å². The predicted molar refractivity (Wildman–Crippen MR) is 218 cm³/mol. The molecule has 2 amide bonds. The molecule has 2 aromatic carbocycles. The molecule has 14 heteroatoms. The van der Waals surface area contributed by atoms with E-state index in [9.17, 15) is 14.9 Å². The fourth-order valence-electron chi connectivity index (χ4n) is 5.27. The van der Waals surface area contributed by atoms with Crippen LogP contribution in [0.4, 0.5) is 34.9 Å². The van der Waals surface area contributed by atoms with Crippen LogP contribution in [0.25, 0.3) is 0 Å². The molecule has 0 bridgehead atoms. The van der Waals surface area contributed by atoms with Crippen LogP contribution in [-0.4, -0.2) is 73.0 Å². The fourth-order valence-corrected chi connectivity index (χ4v) is 5.56. The number of carbonyl (C=O) groups excluding carboxylic acids is 2. The zero-order chi connectivity index (χ0) is 39.7. The lowest BCUT2D eigenvalue weighted by atomic mass is 9.96. The van der Waals surface area contributed by atoms with Crippen LogP contribution >= 0.6 is 15.9 Å². The van der Waals surface area contributed by atoms with E-state index in [1.807, 2.05) is 55.9 Å². The third-order valence-electron chi connectivity index (χ3n) is 7.69. The van der Waals surface area contributed by atoms with Gasteiger partial charge in [-0.3, -0.25) is 9.59 Å². The molecule has 2 aromatic heterocycles. The van der Waals surface area contributed by atoms with Crippen molar-refractivity contribution in [2.45, 2.75) is 55.4 Å². The third kappa shape index (κ3) is 12.4. The number of carbonyl (C=O) groups is 2. The monoisotopic (exact) mass is 785 g/mol. The second-order valence-corrected chi connectivity index (χ2v) is 16.1. The molecule has 0 spiro atoms. The lowest BCUT2D eigenvalue weighted by Gasteiger charge is -2.27. The molecule has 4 rings (SSSR count). The van der Waals surface area contributed by atoms with Gasteiger partial charge in [0.15, 0.2) is 5.82 Å². The van der Waals surface area contributed by atoms with Crippen LogP contribution in [0, 0.1) is 36.0 Å². The highest BCUT2D eigenvalue weighted by Crippen LogP contribution is 2.29. The fraction of sp³-hybridized carbons (Fsp3) is 0.410. The average Bonchev–Trinajstić information content (AvgIpc) is 3.09. The average molecular weight is 787 g/mol. The summed E-state index contributed by atoms with van der Waals surface area (Å²) in [6, 6.07) is 13.0. The first-order valence-corrected chi connectivity index (χ1v) is 18.0. The van der Waals surface area contributed by atoms with Gasteiger partial charge in [-0.05, 0) is 76.0 Å². The topological polar surface area (TPSA) is 164 Å². The van der Waals surface area contributed by atoms with E-state index in [2.05, 4.69) is 105 Å². The standard InChI is InChI=1S/C20H26N6O.C19H26BrN5O/c1-13-7-8-14(18(27)22-5)9-16(13)24-17-15(10-21)11-23-19(25-17)26(6)12-20(2,3)4;1-12-7-8-13(17(26)21-5)9-15(12)23-16-14(20)10-22-18(24-16)25(6)11-19(2,3)4/h7-9,11H,12H2,1-6H3,(H,22,27)(H,23,24,25);7-10H,11H2,1-6H3,(H,21,26)(H,22,23,24). The number of hydrogen-bond donors (Lipinski definition) is 4. The Bertz CT molecular complexity index is 1960. The van der Waals surface area contributed by atoms with Crippen molar-refractivity contribution in [2.75, 3.05) is 61.7 Å². The molecule has 53 heavy (non-hydrogen) atoms. The summed E-state index contributed by atoms with van der Waals surface area (Å²) in [7, 11) is 7.11. The molecule has 4 aromatic rings. The van der Waals surface area contributed by atoms with Crippen molar-refractivity contribution in [1.82, 2.24) is 30.6 Å². The molecule has 13 nitrogen and oxygen atoms in total. The number of benzene rings is 2. The Hall–Kier alpha value is -5.29. The lowest BCUT2D eigenvalue weighted by molar-refractivity contribution is 0.0955. The number of rotatable bonds is 10. The summed E-state index contributed by atoms with van der Waals surface area (Å²) in [5, 5.41) is 21.2. The first-order valence-electron chi connectivity index (χ1n) is 17.2. The molecule has 0 fully saturated rings. The van der Waals surface area contributed by atoms with Gasteiger partial charge in [0.25, 0.3) is 11.8 Å². The molecule has 2 heterocycles. The zero-order valence-electron chi connectivity index (χ0n) is 32.9. The van der Waals surface area contributed by atoms with Crippen LogP contribution in [0.5, 0.6) is 0 Å². The summed E-state index contributed by atoms with van der Waals surface area (Å²) >= 11 is 3.50. The second kappa shape index (κ2) is 18.0. The van der Waals surface area contributed by atoms with Crippen LogP contribution in [-0.2, 0) is 0 Å². The normalized spacial score (nSPS) is 11.0. The molecule has 282 valence electrons. The SMILES string of the molecule is CNC(=O)c1ccc(C)c(Nc2nc(N(C)CC(C)(C)C)ncc2Br)c1.CNC(=O)c1ccc(C)c(Nc2nc(N(C)CC(C)(C)C)ncc2C#N)c1. The minimum Gasteiger partial charge on any atom is -0.355 e. The molecular weight excluding hydrogens is 734 g/mol. The van der Waals surface area contributed by atoms with Gasteiger partial charge >= 0.3 is 0 Å². The molecule has 0 aliphatic carbocycles. The summed E-state index contributed by atoms with van der Waals surface area (Å²) in [5.74, 6) is 1.96. The molecule has 0 unspecified atom stereocenters. The number of aryl methyl sites for hydroxylation is 2. The molecule has 0 aliphatic heterocycles. The van der Waals surface area contributed by atoms with Gasteiger partial charge in [-0.25, -0.2) is 9.97 Å². The van der Waals surface area contributed by atoms with Crippen LogP contribution < -0.4 is 31.1 Å². The molecule has 0 aliphatic rings. The maximum atomic E-state index is 11.9. The van der Waals surface area contributed by atoms with Crippen LogP contribution in [0.3, 0.4) is 0 Å². The van der Waals surface area contributed by atoms with Crippen molar-refractivity contribution in [1.29, 1.82) is 5.26 Å². The minimum absolute atomic E-state index is 0.0814. The molecule has 0 saturated carbocycles. The third-order valence-corrected chi connectivity index (χ3v) is 8.27. The number of aromatic nitrogens is 4. The van der Waals surface area contributed by atoms with Crippen LogP contribution in [0.1, 0.15) is 78.9 Å². The molecule has 0 saturated heterocycles. The van der Waals surface area contributed by atoms with Crippen molar-refractivity contribution < 1.29 is 9.59 Å². The van der Waals surface area contributed by atoms with Crippen molar-refractivity contribution >= 4 is 62.7 Å². The number of nitrogens with one attached hydrogen (secondary N) is 4. The van der Waals surface area contributed by atoms with Gasteiger partial charge < -0.3 is 31.1 Å². The Morgan fingerprint density at radius 1 is 0.736 bits per heavy atom. The van der Waals surface area contributed by atoms with Crippen LogP contribution in [0.15, 0.2) is 53.3 Å². The molecule has 0 radical (unpaired) electrons. The van der Waals surface area contributed by atoms with Gasteiger partial charge in [0.1, 0.15) is 17.5 Å². The second-order valence-electron chi connectivity index (χ2n) is 15.2. The smallest absolute Gasteiger partial charge is 0.251 e. The largest absolute Gasteiger partial charge is 0.355 e. The number of hydrogen-bond acceptors (Lipinski definition) is 11. The number of anilines is 6. The van der Waals surface area contributed by atoms with E-state index in [1.165, 1.54) is 6.20 Å². The van der Waals surface area contributed by atoms with Gasteiger partial charge in [-0.2, -0.15) is 15.2 Å². The van der Waals surface area contributed by atoms with E-state index in [0.717, 1.165) is 40.1 Å². The Morgan fingerprint density at radius 3 is 1.57 bits per heavy atom. The minimum atomic E-state index is -0.174. The number of nitrogens with zero attached hydrogens (tertiary/aromatic N) is 7.